The first kappa shape index (κ1) is 14.9. The van der Waals surface area contributed by atoms with Crippen LogP contribution in [0, 0.1) is 0 Å². The Morgan fingerprint density at radius 3 is 2.29 bits per heavy atom. The summed E-state index contributed by atoms with van der Waals surface area (Å²) in [5.74, 6) is 0. The Morgan fingerprint density at radius 2 is 1.82 bits per heavy atom. The summed E-state index contributed by atoms with van der Waals surface area (Å²) in [4.78, 5) is 0. The van der Waals surface area contributed by atoms with Crippen LogP contribution in [0.15, 0.2) is 0 Å². The van der Waals surface area contributed by atoms with Crippen molar-refractivity contribution in [2.75, 3.05) is 33.9 Å². The topological polar surface area (TPSA) is 59.8 Å². The van der Waals surface area contributed by atoms with Crippen LogP contribution in [0.1, 0.15) is 32.6 Å². The summed E-state index contributed by atoms with van der Waals surface area (Å²) in [7, 11) is 3.32. The van der Waals surface area contributed by atoms with Crippen molar-refractivity contribution in [2.24, 2.45) is 5.73 Å². The quantitative estimate of drug-likeness (QED) is 0.647. The number of nitrogens with one attached hydrogen (secondary N) is 1. The minimum absolute atomic E-state index is 0.173. The Kier molecular flexibility index (Phi) is 6.37. The van der Waals surface area contributed by atoms with Crippen LogP contribution in [-0.2, 0) is 9.47 Å². The van der Waals surface area contributed by atoms with E-state index in [-0.39, 0.29) is 11.8 Å². The van der Waals surface area contributed by atoms with Gasteiger partial charge in [0.2, 0.25) is 0 Å². The predicted octanol–water partition coefficient (Wildman–Crippen LogP) is 0.703. The Morgan fingerprint density at radius 1 is 1.24 bits per heavy atom. The maximum absolute atomic E-state index is 5.88. The molecule has 0 aromatic carbocycles. The molecule has 102 valence electrons. The van der Waals surface area contributed by atoms with Crippen LogP contribution < -0.4 is 11.2 Å². The highest BCUT2D eigenvalue weighted by Gasteiger charge is 2.29. The summed E-state index contributed by atoms with van der Waals surface area (Å²) in [6.45, 7) is 4.87. The molecular weight excluding hydrogens is 218 g/mol. The molecule has 1 aliphatic rings. The van der Waals surface area contributed by atoms with Crippen LogP contribution in [0.4, 0.5) is 0 Å². The predicted molar refractivity (Wildman–Crippen MR) is 68.4 cm³/mol. The lowest BCUT2D eigenvalue weighted by molar-refractivity contribution is -0.122. The minimum atomic E-state index is -0.208. The number of piperidine rings is 1. The maximum Gasteiger partial charge on any atom is 0.158 e. The van der Waals surface area contributed by atoms with Gasteiger partial charge in [0.25, 0.3) is 0 Å². The van der Waals surface area contributed by atoms with Crippen LogP contribution in [0.5, 0.6) is 0 Å². The third-order valence-electron chi connectivity index (χ3n) is 3.38. The van der Waals surface area contributed by atoms with Crippen LogP contribution >= 0.6 is 0 Å². The van der Waals surface area contributed by atoms with E-state index < -0.39 is 0 Å². The van der Waals surface area contributed by atoms with Crippen molar-refractivity contribution < 1.29 is 9.47 Å². The molecule has 1 unspecified atom stereocenters. The number of nitrogens with two attached hydrogens (primary N) is 1. The number of rotatable bonds is 7. The Hall–Kier alpha value is -0.200. The molecule has 0 amide bonds. The molecule has 1 rings (SSSR count). The van der Waals surface area contributed by atoms with E-state index in [1.165, 1.54) is 19.3 Å². The molecule has 5 heteroatoms. The van der Waals surface area contributed by atoms with E-state index in [4.69, 9.17) is 15.2 Å². The highest BCUT2D eigenvalue weighted by Crippen LogP contribution is 2.16. The molecule has 1 heterocycles. The molecule has 17 heavy (non-hydrogen) atoms. The van der Waals surface area contributed by atoms with Gasteiger partial charge < -0.3 is 15.2 Å². The van der Waals surface area contributed by atoms with E-state index in [1.807, 2.05) is 0 Å². The summed E-state index contributed by atoms with van der Waals surface area (Å²) in [5.41, 5.74) is 9.24. The van der Waals surface area contributed by atoms with Gasteiger partial charge in [0.1, 0.15) is 0 Å². The van der Waals surface area contributed by atoms with Crippen molar-refractivity contribution >= 4 is 0 Å². The summed E-state index contributed by atoms with van der Waals surface area (Å²) in [6, 6.07) is 0. The molecule has 0 aromatic heterocycles. The zero-order valence-corrected chi connectivity index (χ0v) is 11.4. The van der Waals surface area contributed by atoms with Gasteiger partial charge in [-0.1, -0.05) is 6.42 Å². The Balaban J connectivity index is 2.47. The van der Waals surface area contributed by atoms with Crippen molar-refractivity contribution in [1.29, 1.82) is 0 Å². The fourth-order valence-electron chi connectivity index (χ4n) is 2.19. The summed E-state index contributed by atoms with van der Waals surface area (Å²) < 4.78 is 10.5. The molecule has 0 saturated carbocycles. The summed E-state index contributed by atoms with van der Waals surface area (Å²) in [6.07, 6.45) is 4.38. The van der Waals surface area contributed by atoms with Crippen molar-refractivity contribution in [3.8, 4) is 0 Å². The number of hydrogen-bond acceptors (Lipinski definition) is 5. The lowest BCUT2D eigenvalue weighted by atomic mass is 9.98. The number of hydrogen-bond donors (Lipinski definition) is 2. The largest absolute Gasteiger partial charge is 0.356 e. The van der Waals surface area contributed by atoms with Crippen molar-refractivity contribution in [3.63, 3.8) is 0 Å². The van der Waals surface area contributed by atoms with E-state index in [0.29, 0.717) is 6.54 Å². The lowest BCUT2D eigenvalue weighted by Crippen LogP contribution is -2.59. The molecule has 0 radical (unpaired) electrons. The molecule has 0 aromatic rings. The highest BCUT2D eigenvalue weighted by atomic mass is 16.7. The zero-order valence-electron chi connectivity index (χ0n) is 11.4. The van der Waals surface area contributed by atoms with Crippen LogP contribution in [0.3, 0.4) is 0 Å². The molecule has 1 atom stereocenters. The lowest BCUT2D eigenvalue weighted by Gasteiger charge is -2.39. The highest BCUT2D eigenvalue weighted by molar-refractivity contribution is 4.85. The van der Waals surface area contributed by atoms with E-state index in [9.17, 15) is 0 Å². The average Bonchev–Trinajstić information content (AvgIpc) is 2.37. The van der Waals surface area contributed by atoms with E-state index in [0.717, 1.165) is 19.5 Å². The van der Waals surface area contributed by atoms with Gasteiger partial charge in [0.05, 0.1) is 0 Å². The second-order valence-electron chi connectivity index (χ2n) is 5.03. The second-order valence-corrected chi connectivity index (χ2v) is 5.03. The van der Waals surface area contributed by atoms with E-state index >= 15 is 0 Å². The maximum atomic E-state index is 5.88. The van der Waals surface area contributed by atoms with E-state index in [1.54, 1.807) is 14.2 Å². The van der Waals surface area contributed by atoms with Crippen LogP contribution in [0.2, 0.25) is 0 Å². The monoisotopic (exact) mass is 245 g/mol. The Bertz CT molecular complexity index is 206. The molecule has 0 bridgehead atoms. The van der Waals surface area contributed by atoms with Gasteiger partial charge in [-0.2, -0.15) is 0 Å². The fourth-order valence-corrected chi connectivity index (χ4v) is 2.19. The smallest absolute Gasteiger partial charge is 0.158 e. The van der Waals surface area contributed by atoms with Crippen molar-refractivity contribution in [3.05, 3.63) is 0 Å². The first-order chi connectivity index (χ1) is 8.13. The number of nitrogens with zero attached hydrogens (tertiary/aromatic N) is 1. The van der Waals surface area contributed by atoms with Gasteiger partial charge >= 0.3 is 0 Å². The molecule has 1 aliphatic heterocycles. The van der Waals surface area contributed by atoms with Gasteiger partial charge in [0.15, 0.2) is 6.29 Å². The molecule has 1 saturated heterocycles. The van der Waals surface area contributed by atoms with Crippen molar-refractivity contribution in [1.82, 2.24) is 10.4 Å². The van der Waals surface area contributed by atoms with Gasteiger partial charge in [-0.3, -0.25) is 0 Å². The molecule has 1 fully saturated rings. The molecule has 5 nitrogen and oxygen atoms in total. The zero-order chi connectivity index (χ0) is 12.7. The molecular formula is C12H27N3O2. The average molecular weight is 245 g/mol. The SMILES string of the molecule is COC(CC(C)(CN)NN1CCCCC1)OC. The summed E-state index contributed by atoms with van der Waals surface area (Å²) in [5, 5.41) is 2.28. The number of hydrazine groups is 1. The summed E-state index contributed by atoms with van der Waals surface area (Å²) >= 11 is 0. The first-order valence-corrected chi connectivity index (χ1v) is 6.42. The van der Waals surface area contributed by atoms with Gasteiger partial charge in [-0.15, -0.1) is 0 Å². The van der Waals surface area contributed by atoms with Crippen LogP contribution in [0.25, 0.3) is 0 Å². The standard InChI is InChI=1S/C12H27N3O2/c1-12(10-13,9-11(16-2)17-3)14-15-7-5-4-6-8-15/h11,14H,4-10,13H2,1-3H3. The third-order valence-corrected chi connectivity index (χ3v) is 3.38. The first-order valence-electron chi connectivity index (χ1n) is 6.42. The minimum Gasteiger partial charge on any atom is -0.356 e. The van der Waals surface area contributed by atoms with Crippen molar-refractivity contribution in [2.45, 2.75) is 44.4 Å². The van der Waals surface area contributed by atoms with Gasteiger partial charge in [-0.05, 0) is 19.8 Å². The second kappa shape index (κ2) is 7.28. The number of ether oxygens (including phenoxy) is 2. The fraction of sp³-hybridized carbons (Fsp3) is 1.00. The number of methoxy groups -OCH3 is 2. The molecule has 0 spiro atoms. The van der Waals surface area contributed by atoms with E-state index in [2.05, 4.69) is 17.4 Å². The van der Waals surface area contributed by atoms with Crippen LogP contribution in [-0.4, -0.2) is 50.7 Å². The Labute approximate surface area is 105 Å². The van der Waals surface area contributed by atoms with Gasteiger partial charge in [-0.25, -0.2) is 10.4 Å². The third kappa shape index (κ3) is 4.89. The van der Waals surface area contributed by atoms with Gasteiger partial charge in [0, 0.05) is 45.8 Å². The molecule has 0 aliphatic carbocycles. The normalized spacial score (nSPS) is 21.7. The molecule has 3 N–H and O–H groups in total.